The topological polar surface area (TPSA) is 43.1 Å². The molecular weight excluding hydrogens is 158 g/mol. The van der Waals surface area contributed by atoms with E-state index in [0.717, 1.165) is 10.4 Å². The third kappa shape index (κ3) is 1.28. The Morgan fingerprint density at radius 3 is 2.18 bits per heavy atom. The van der Waals surface area contributed by atoms with Crippen LogP contribution in [0.25, 0.3) is 0 Å². The molecule has 0 unspecified atom stereocenters. The highest BCUT2D eigenvalue weighted by atomic mass is 32.1. The molecule has 0 saturated carbocycles. The first-order valence-corrected chi connectivity index (χ1v) is 4.22. The first kappa shape index (κ1) is 8.27. The maximum atomic E-state index is 11.0. The molecule has 0 aliphatic heterocycles. The number of Topliss-reactive ketones (excluding diaryl/α,β-unsaturated/α-hetero) is 1. The molecule has 0 bridgehead atoms. The normalized spacial score (nSPS) is 10.1. The number of hydrogen-bond donors (Lipinski definition) is 1. The highest BCUT2D eigenvalue weighted by Crippen LogP contribution is 2.29. The number of rotatable bonds is 1. The van der Waals surface area contributed by atoms with Gasteiger partial charge in [0.15, 0.2) is 5.78 Å². The molecular formula is C8H11NOS. The monoisotopic (exact) mass is 169 g/mol. The molecule has 2 N–H and O–H groups in total. The molecule has 0 aliphatic rings. The van der Waals surface area contributed by atoms with Crippen LogP contribution in [-0.2, 0) is 0 Å². The van der Waals surface area contributed by atoms with Gasteiger partial charge in [0.2, 0.25) is 0 Å². The van der Waals surface area contributed by atoms with Gasteiger partial charge in [0.1, 0.15) is 0 Å². The average molecular weight is 169 g/mol. The van der Waals surface area contributed by atoms with Crippen LogP contribution in [0.15, 0.2) is 0 Å². The third-order valence-corrected chi connectivity index (χ3v) is 2.80. The fourth-order valence-corrected chi connectivity index (χ4v) is 2.07. The first-order valence-electron chi connectivity index (χ1n) is 3.40. The van der Waals surface area contributed by atoms with E-state index in [0.29, 0.717) is 10.6 Å². The maximum absolute atomic E-state index is 11.0. The Morgan fingerprint density at radius 1 is 1.45 bits per heavy atom. The fourth-order valence-electron chi connectivity index (χ4n) is 1.09. The fraction of sp³-hybridized carbons (Fsp3) is 0.375. The van der Waals surface area contributed by atoms with Crippen LogP contribution >= 0.6 is 11.3 Å². The van der Waals surface area contributed by atoms with Crippen molar-refractivity contribution in [3.63, 3.8) is 0 Å². The molecule has 1 aromatic rings. The molecule has 0 amide bonds. The van der Waals surface area contributed by atoms with Crippen LogP contribution in [0, 0.1) is 13.8 Å². The van der Waals surface area contributed by atoms with Crippen molar-refractivity contribution in [3.8, 4) is 0 Å². The SMILES string of the molecule is CC(=O)c1c(N)sc(C)c1C. The summed E-state index contributed by atoms with van der Waals surface area (Å²) in [5.74, 6) is 0.0596. The standard InChI is InChI=1S/C8H11NOS/c1-4-6(3)11-8(9)7(4)5(2)10/h9H2,1-3H3. The van der Waals surface area contributed by atoms with Crippen molar-refractivity contribution < 1.29 is 4.79 Å². The number of nitrogen functional groups attached to an aromatic ring is 1. The van der Waals surface area contributed by atoms with E-state index in [1.807, 2.05) is 13.8 Å². The van der Waals surface area contributed by atoms with Crippen molar-refractivity contribution in [1.82, 2.24) is 0 Å². The number of anilines is 1. The van der Waals surface area contributed by atoms with Gasteiger partial charge in [-0.2, -0.15) is 0 Å². The molecule has 0 aromatic carbocycles. The minimum atomic E-state index is 0.0596. The van der Waals surface area contributed by atoms with Crippen LogP contribution in [0.2, 0.25) is 0 Å². The molecule has 0 atom stereocenters. The first-order chi connectivity index (χ1) is 5.04. The molecule has 60 valence electrons. The summed E-state index contributed by atoms with van der Waals surface area (Å²) in [6, 6.07) is 0. The Balaban J connectivity index is 3.34. The molecule has 0 radical (unpaired) electrons. The Kier molecular flexibility index (Phi) is 2.00. The number of ketones is 1. The summed E-state index contributed by atoms with van der Waals surface area (Å²) in [5.41, 5.74) is 7.37. The maximum Gasteiger partial charge on any atom is 0.163 e. The lowest BCUT2D eigenvalue weighted by molar-refractivity contribution is 0.101. The van der Waals surface area contributed by atoms with Crippen molar-refractivity contribution in [2.45, 2.75) is 20.8 Å². The predicted octanol–water partition coefficient (Wildman–Crippen LogP) is 2.15. The van der Waals surface area contributed by atoms with Crippen LogP contribution in [0.3, 0.4) is 0 Å². The zero-order valence-corrected chi connectivity index (χ0v) is 7.71. The molecule has 0 spiro atoms. The van der Waals surface area contributed by atoms with E-state index < -0.39 is 0 Å². The van der Waals surface area contributed by atoms with Gasteiger partial charge in [-0.1, -0.05) is 0 Å². The van der Waals surface area contributed by atoms with E-state index in [9.17, 15) is 4.79 Å². The summed E-state index contributed by atoms with van der Waals surface area (Å²) in [4.78, 5) is 12.2. The second kappa shape index (κ2) is 2.66. The number of hydrogen-bond acceptors (Lipinski definition) is 3. The van der Waals surface area contributed by atoms with Gasteiger partial charge in [-0.05, 0) is 26.3 Å². The van der Waals surface area contributed by atoms with Gasteiger partial charge in [0.05, 0.1) is 10.6 Å². The van der Waals surface area contributed by atoms with Crippen molar-refractivity contribution in [2.75, 3.05) is 5.73 Å². The molecule has 0 aliphatic carbocycles. The van der Waals surface area contributed by atoms with Crippen LogP contribution < -0.4 is 5.73 Å². The van der Waals surface area contributed by atoms with Crippen LogP contribution in [-0.4, -0.2) is 5.78 Å². The minimum absolute atomic E-state index is 0.0596. The Labute approximate surface area is 70.0 Å². The zero-order valence-electron chi connectivity index (χ0n) is 6.89. The average Bonchev–Trinajstić information content (AvgIpc) is 2.07. The Bertz CT molecular complexity index is 301. The lowest BCUT2D eigenvalue weighted by Gasteiger charge is -1.94. The van der Waals surface area contributed by atoms with E-state index in [1.54, 1.807) is 6.92 Å². The van der Waals surface area contributed by atoms with Gasteiger partial charge in [-0.25, -0.2) is 0 Å². The van der Waals surface area contributed by atoms with E-state index in [4.69, 9.17) is 5.73 Å². The Hall–Kier alpha value is -0.830. The van der Waals surface area contributed by atoms with E-state index in [2.05, 4.69) is 0 Å². The molecule has 1 rings (SSSR count). The third-order valence-electron chi connectivity index (χ3n) is 1.76. The van der Waals surface area contributed by atoms with Crippen molar-refractivity contribution in [3.05, 3.63) is 16.0 Å². The summed E-state index contributed by atoms with van der Waals surface area (Å²) in [7, 11) is 0. The quantitative estimate of drug-likeness (QED) is 0.654. The van der Waals surface area contributed by atoms with Gasteiger partial charge in [0.25, 0.3) is 0 Å². The minimum Gasteiger partial charge on any atom is -0.390 e. The van der Waals surface area contributed by atoms with Crippen molar-refractivity contribution in [2.24, 2.45) is 0 Å². The summed E-state index contributed by atoms with van der Waals surface area (Å²) in [5, 5.41) is 0.646. The molecule has 1 heterocycles. The second-order valence-electron chi connectivity index (χ2n) is 2.58. The van der Waals surface area contributed by atoms with Gasteiger partial charge in [-0.3, -0.25) is 4.79 Å². The smallest absolute Gasteiger partial charge is 0.163 e. The zero-order chi connectivity index (χ0) is 8.59. The highest BCUT2D eigenvalue weighted by molar-refractivity contribution is 7.16. The van der Waals surface area contributed by atoms with Gasteiger partial charge < -0.3 is 5.73 Å². The number of nitrogens with two attached hydrogens (primary N) is 1. The van der Waals surface area contributed by atoms with E-state index >= 15 is 0 Å². The molecule has 2 nitrogen and oxygen atoms in total. The van der Waals surface area contributed by atoms with Crippen LogP contribution in [0.4, 0.5) is 5.00 Å². The lowest BCUT2D eigenvalue weighted by atomic mass is 10.1. The summed E-state index contributed by atoms with van der Waals surface area (Å²) in [6.07, 6.45) is 0. The molecule has 0 fully saturated rings. The Morgan fingerprint density at radius 2 is 2.00 bits per heavy atom. The second-order valence-corrected chi connectivity index (χ2v) is 3.84. The summed E-state index contributed by atoms with van der Waals surface area (Å²) in [6.45, 7) is 5.45. The van der Waals surface area contributed by atoms with Crippen molar-refractivity contribution in [1.29, 1.82) is 0 Å². The largest absolute Gasteiger partial charge is 0.390 e. The summed E-state index contributed by atoms with van der Waals surface area (Å²) >= 11 is 1.48. The predicted molar refractivity (Wildman–Crippen MR) is 48.2 cm³/mol. The van der Waals surface area contributed by atoms with Gasteiger partial charge in [-0.15, -0.1) is 11.3 Å². The highest BCUT2D eigenvalue weighted by Gasteiger charge is 2.12. The number of carbonyl (C=O) groups is 1. The molecule has 1 aromatic heterocycles. The number of carbonyl (C=O) groups excluding carboxylic acids is 1. The van der Waals surface area contributed by atoms with Gasteiger partial charge in [0, 0.05) is 4.88 Å². The van der Waals surface area contributed by atoms with Crippen molar-refractivity contribution >= 4 is 22.1 Å². The molecule has 11 heavy (non-hydrogen) atoms. The summed E-state index contributed by atoms with van der Waals surface area (Å²) < 4.78 is 0. The molecule has 0 saturated heterocycles. The lowest BCUT2D eigenvalue weighted by Crippen LogP contribution is -1.96. The van der Waals surface area contributed by atoms with E-state index in [1.165, 1.54) is 11.3 Å². The van der Waals surface area contributed by atoms with E-state index in [-0.39, 0.29) is 5.78 Å². The molecule has 3 heteroatoms. The van der Waals surface area contributed by atoms with Crippen LogP contribution in [0.1, 0.15) is 27.7 Å². The van der Waals surface area contributed by atoms with Crippen LogP contribution in [0.5, 0.6) is 0 Å². The number of thiophene rings is 1. The number of aryl methyl sites for hydroxylation is 1. The van der Waals surface area contributed by atoms with Gasteiger partial charge >= 0.3 is 0 Å².